The summed E-state index contributed by atoms with van der Waals surface area (Å²) < 4.78 is 5.42. The third kappa shape index (κ3) is 2.28. The predicted octanol–water partition coefficient (Wildman–Crippen LogP) is 3.50. The van der Waals surface area contributed by atoms with E-state index in [2.05, 4.69) is 35.4 Å². The van der Waals surface area contributed by atoms with Crippen molar-refractivity contribution in [3.63, 3.8) is 0 Å². The molecule has 1 aromatic carbocycles. The molecule has 0 bridgehead atoms. The zero-order valence-electron chi connectivity index (χ0n) is 11.3. The van der Waals surface area contributed by atoms with Crippen LogP contribution >= 0.6 is 0 Å². The number of aromatic nitrogens is 1. The number of fused-ring (bicyclic) bond motifs is 1. The van der Waals surface area contributed by atoms with Crippen LogP contribution in [0.25, 0.3) is 0 Å². The average molecular weight is 254 g/mol. The second-order valence-corrected chi connectivity index (χ2v) is 4.99. The van der Waals surface area contributed by atoms with Gasteiger partial charge in [0, 0.05) is 6.20 Å². The monoisotopic (exact) mass is 254 g/mol. The van der Waals surface area contributed by atoms with E-state index in [-0.39, 0.29) is 6.04 Å². The SMILES string of the molecule is COc1ccc(C)cc1NC1CCc2cccnc21. The van der Waals surface area contributed by atoms with E-state index in [4.69, 9.17) is 4.74 Å². The smallest absolute Gasteiger partial charge is 0.141 e. The number of anilines is 1. The number of benzene rings is 1. The summed E-state index contributed by atoms with van der Waals surface area (Å²) in [6.45, 7) is 2.09. The molecule has 2 aromatic rings. The van der Waals surface area contributed by atoms with Gasteiger partial charge in [-0.2, -0.15) is 0 Å². The van der Waals surface area contributed by atoms with Crippen molar-refractivity contribution < 1.29 is 4.74 Å². The second-order valence-electron chi connectivity index (χ2n) is 4.99. The number of hydrogen-bond donors (Lipinski definition) is 1. The van der Waals surface area contributed by atoms with E-state index in [1.54, 1.807) is 7.11 Å². The predicted molar refractivity (Wildman–Crippen MR) is 76.7 cm³/mol. The van der Waals surface area contributed by atoms with Gasteiger partial charge in [-0.15, -0.1) is 0 Å². The molecule has 0 saturated carbocycles. The molecule has 1 aliphatic carbocycles. The van der Waals surface area contributed by atoms with E-state index in [1.807, 2.05) is 18.3 Å². The number of rotatable bonds is 3. The zero-order chi connectivity index (χ0) is 13.2. The van der Waals surface area contributed by atoms with E-state index < -0.39 is 0 Å². The van der Waals surface area contributed by atoms with Crippen molar-refractivity contribution in [2.24, 2.45) is 0 Å². The third-order valence-electron chi connectivity index (χ3n) is 3.64. The van der Waals surface area contributed by atoms with Gasteiger partial charge in [0.25, 0.3) is 0 Å². The van der Waals surface area contributed by atoms with Gasteiger partial charge in [-0.3, -0.25) is 4.98 Å². The van der Waals surface area contributed by atoms with E-state index in [1.165, 1.54) is 16.8 Å². The molecular weight excluding hydrogens is 236 g/mol. The van der Waals surface area contributed by atoms with E-state index in [0.29, 0.717) is 0 Å². The fourth-order valence-corrected chi connectivity index (χ4v) is 2.68. The molecule has 1 atom stereocenters. The number of ether oxygens (including phenoxy) is 1. The number of aryl methyl sites for hydroxylation is 2. The van der Waals surface area contributed by atoms with Crippen molar-refractivity contribution in [1.82, 2.24) is 4.98 Å². The Morgan fingerprint density at radius 2 is 2.21 bits per heavy atom. The number of nitrogens with one attached hydrogen (secondary N) is 1. The molecule has 0 amide bonds. The van der Waals surface area contributed by atoms with E-state index in [0.717, 1.165) is 24.3 Å². The maximum Gasteiger partial charge on any atom is 0.141 e. The molecule has 1 heterocycles. The maximum atomic E-state index is 5.42. The van der Waals surface area contributed by atoms with E-state index >= 15 is 0 Å². The summed E-state index contributed by atoms with van der Waals surface area (Å²) in [7, 11) is 1.71. The number of methoxy groups -OCH3 is 1. The lowest BCUT2D eigenvalue weighted by Gasteiger charge is -2.17. The van der Waals surface area contributed by atoms with Crippen LogP contribution in [0.5, 0.6) is 5.75 Å². The van der Waals surface area contributed by atoms with Crippen molar-refractivity contribution in [2.75, 3.05) is 12.4 Å². The molecule has 0 fully saturated rings. The number of nitrogens with zero attached hydrogens (tertiary/aromatic N) is 1. The minimum Gasteiger partial charge on any atom is -0.495 e. The quantitative estimate of drug-likeness (QED) is 0.910. The Kier molecular flexibility index (Phi) is 3.11. The first-order valence-corrected chi connectivity index (χ1v) is 6.63. The molecule has 1 N–H and O–H groups in total. The summed E-state index contributed by atoms with van der Waals surface area (Å²) in [4.78, 5) is 4.51. The molecule has 1 aliphatic rings. The number of hydrogen-bond acceptors (Lipinski definition) is 3. The highest BCUT2D eigenvalue weighted by Crippen LogP contribution is 2.35. The molecule has 3 rings (SSSR count). The van der Waals surface area contributed by atoms with Crippen LogP contribution in [-0.4, -0.2) is 12.1 Å². The summed E-state index contributed by atoms with van der Waals surface area (Å²) in [6.07, 6.45) is 4.05. The standard InChI is InChI=1S/C16H18N2O/c1-11-5-8-15(19-2)14(10-11)18-13-7-6-12-4-3-9-17-16(12)13/h3-5,8-10,13,18H,6-7H2,1-2H3. The first kappa shape index (κ1) is 12.0. The van der Waals surface area contributed by atoms with Gasteiger partial charge in [0.05, 0.1) is 24.5 Å². The lowest BCUT2D eigenvalue weighted by atomic mass is 10.1. The van der Waals surface area contributed by atoms with Crippen LogP contribution in [0, 0.1) is 6.92 Å². The molecule has 0 spiro atoms. The van der Waals surface area contributed by atoms with Crippen molar-refractivity contribution in [3.05, 3.63) is 53.3 Å². The van der Waals surface area contributed by atoms with Gasteiger partial charge in [-0.25, -0.2) is 0 Å². The van der Waals surface area contributed by atoms with Crippen molar-refractivity contribution >= 4 is 5.69 Å². The summed E-state index contributed by atoms with van der Waals surface area (Å²) in [5.41, 5.74) is 4.80. The first-order chi connectivity index (χ1) is 9.28. The molecule has 0 radical (unpaired) electrons. The third-order valence-corrected chi connectivity index (χ3v) is 3.64. The van der Waals surface area contributed by atoms with Gasteiger partial charge in [0.15, 0.2) is 0 Å². The van der Waals surface area contributed by atoms with Crippen molar-refractivity contribution in [3.8, 4) is 5.75 Å². The molecule has 98 valence electrons. The van der Waals surface area contributed by atoms with Crippen LogP contribution in [0.1, 0.15) is 29.3 Å². The van der Waals surface area contributed by atoms with Crippen LogP contribution in [0.4, 0.5) is 5.69 Å². The van der Waals surface area contributed by atoms with Crippen LogP contribution in [0.2, 0.25) is 0 Å². The van der Waals surface area contributed by atoms with Gasteiger partial charge < -0.3 is 10.1 Å². The Labute approximate surface area is 113 Å². The zero-order valence-corrected chi connectivity index (χ0v) is 11.3. The van der Waals surface area contributed by atoms with Crippen molar-refractivity contribution in [2.45, 2.75) is 25.8 Å². The molecule has 3 nitrogen and oxygen atoms in total. The minimum atomic E-state index is 0.284. The van der Waals surface area contributed by atoms with Crippen LogP contribution in [0.15, 0.2) is 36.5 Å². The van der Waals surface area contributed by atoms with Gasteiger partial charge in [0.1, 0.15) is 5.75 Å². The summed E-state index contributed by atoms with van der Waals surface area (Å²) in [6, 6.07) is 10.6. The maximum absolute atomic E-state index is 5.42. The fraction of sp³-hybridized carbons (Fsp3) is 0.312. The van der Waals surface area contributed by atoms with Gasteiger partial charge in [-0.05, 0) is 49.1 Å². The van der Waals surface area contributed by atoms with Gasteiger partial charge in [0.2, 0.25) is 0 Å². The molecule has 0 aliphatic heterocycles. The fourth-order valence-electron chi connectivity index (χ4n) is 2.68. The molecular formula is C16H18N2O. The van der Waals surface area contributed by atoms with Gasteiger partial charge >= 0.3 is 0 Å². The highest BCUT2D eigenvalue weighted by Gasteiger charge is 2.24. The summed E-state index contributed by atoms with van der Waals surface area (Å²) >= 11 is 0. The Hall–Kier alpha value is -2.03. The second kappa shape index (κ2) is 4.92. The molecule has 0 saturated heterocycles. The Balaban J connectivity index is 1.89. The Morgan fingerprint density at radius 3 is 3.05 bits per heavy atom. The largest absolute Gasteiger partial charge is 0.495 e. The van der Waals surface area contributed by atoms with Crippen LogP contribution in [-0.2, 0) is 6.42 Å². The molecule has 3 heteroatoms. The summed E-state index contributed by atoms with van der Waals surface area (Å²) in [5, 5.41) is 3.57. The molecule has 19 heavy (non-hydrogen) atoms. The lowest BCUT2D eigenvalue weighted by Crippen LogP contribution is -2.09. The minimum absolute atomic E-state index is 0.284. The first-order valence-electron chi connectivity index (χ1n) is 6.63. The molecule has 1 aromatic heterocycles. The number of pyridine rings is 1. The van der Waals surface area contributed by atoms with E-state index in [9.17, 15) is 0 Å². The van der Waals surface area contributed by atoms with Crippen molar-refractivity contribution in [1.29, 1.82) is 0 Å². The Bertz CT molecular complexity index is 595. The van der Waals surface area contributed by atoms with Crippen LogP contribution < -0.4 is 10.1 Å². The highest BCUT2D eigenvalue weighted by atomic mass is 16.5. The van der Waals surface area contributed by atoms with Crippen LogP contribution in [0.3, 0.4) is 0 Å². The lowest BCUT2D eigenvalue weighted by molar-refractivity contribution is 0.416. The normalized spacial score (nSPS) is 17.1. The highest BCUT2D eigenvalue weighted by molar-refractivity contribution is 5.59. The van der Waals surface area contributed by atoms with Gasteiger partial charge in [-0.1, -0.05) is 12.1 Å². The molecule has 1 unspecified atom stereocenters. The summed E-state index contributed by atoms with van der Waals surface area (Å²) in [5.74, 6) is 0.884. The average Bonchev–Trinajstić information content (AvgIpc) is 2.83. The topological polar surface area (TPSA) is 34.1 Å². The Morgan fingerprint density at radius 1 is 1.32 bits per heavy atom.